The minimum absolute atomic E-state index is 0.481. The molecule has 0 atom stereocenters. The lowest BCUT2D eigenvalue weighted by atomic mass is 10.2. The topological polar surface area (TPSA) is 41.3 Å². The number of nitrogens with one attached hydrogen (secondary N) is 1. The zero-order valence-corrected chi connectivity index (χ0v) is 13.2. The maximum atomic E-state index is 5.62. The van der Waals surface area contributed by atoms with Gasteiger partial charge in [-0.25, -0.2) is 0 Å². The number of hydrogen-bond acceptors (Lipinski definition) is 4. The van der Waals surface area contributed by atoms with Crippen molar-refractivity contribution < 1.29 is 4.42 Å². The van der Waals surface area contributed by atoms with Gasteiger partial charge in [-0.1, -0.05) is 19.9 Å². The van der Waals surface area contributed by atoms with Crippen LogP contribution in [0.25, 0.3) is 0 Å². The Hall–Kier alpha value is -1.65. The minimum atomic E-state index is 0.481. The Morgan fingerprint density at radius 2 is 2.14 bits per heavy atom. The highest BCUT2D eigenvalue weighted by molar-refractivity contribution is 5.17. The zero-order chi connectivity index (χ0) is 15.1. The molecule has 21 heavy (non-hydrogen) atoms. The first kappa shape index (κ1) is 15.7. The van der Waals surface area contributed by atoms with Crippen molar-refractivity contribution in [2.45, 2.75) is 39.4 Å². The van der Waals surface area contributed by atoms with Crippen LogP contribution < -0.4 is 5.32 Å². The molecule has 0 saturated heterocycles. The van der Waals surface area contributed by atoms with E-state index >= 15 is 0 Å². The predicted molar refractivity (Wildman–Crippen MR) is 85.0 cm³/mol. The Bertz CT molecular complexity index is 522. The second kappa shape index (κ2) is 7.96. The van der Waals surface area contributed by atoms with E-state index in [9.17, 15) is 0 Å². The summed E-state index contributed by atoms with van der Waals surface area (Å²) in [4.78, 5) is 6.62. The zero-order valence-electron chi connectivity index (χ0n) is 13.2. The molecule has 2 aromatic rings. The summed E-state index contributed by atoms with van der Waals surface area (Å²) in [6.45, 7) is 6.96. The summed E-state index contributed by atoms with van der Waals surface area (Å²) in [5.74, 6) is 1.05. The molecule has 2 heterocycles. The number of aromatic nitrogens is 1. The Morgan fingerprint density at radius 1 is 1.29 bits per heavy atom. The molecule has 0 unspecified atom stereocenters. The third-order valence-electron chi connectivity index (χ3n) is 3.43. The van der Waals surface area contributed by atoms with Gasteiger partial charge in [0.25, 0.3) is 0 Å². The third-order valence-corrected chi connectivity index (χ3v) is 3.43. The predicted octanol–water partition coefficient (Wildman–Crippen LogP) is 2.85. The van der Waals surface area contributed by atoms with Crippen LogP contribution in [0.2, 0.25) is 0 Å². The van der Waals surface area contributed by atoms with Crippen molar-refractivity contribution in [3.8, 4) is 0 Å². The van der Waals surface area contributed by atoms with Crippen LogP contribution in [0.4, 0.5) is 0 Å². The third kappa shape index (κ3) is 5.33. The van der Waals surface area contributed by atoms with Crippen molar-refractivity contribution in [1.29, 1.82) is 0 Å². The molecule has 0 aliphatic carbocycles. The first-order chi connectivity index (χ1) is 10.1. The van der Waals surface area contributed by atoms with E-state index in [0.717, 1.165) is 37.5 Å². The Morgan fingerprint density at radius 3 is 2.86 bits per heavy atom. The number of furan rings is 1. The van der Waals surface area contributed by atoms with Crippen molar-refractivity contribution in [2.75, 3.05) is 13.6 Å². The largest absolute Gasteiger partial charge is 0.468 e. The average molecular weight is 287 g/mol. The van der Waals surface area contributed by atoms with Crippen molar-refractivity contribution in [3.63, 3.8) is 0 Å². The fourth-order valence-electron chi connectivity index (χ4n) is 2.15. The van der Waals surface area contributed by atoms with Gasteiger partial charge in [0.15, 0.2) is 0 Å². The summed E-state index contributed by atoms with van der Waals surface area (Å²) in [7, 11) is 2.12. The number of hydrogen-bond donors (Lipinski definition) is 1. The van der Waals surface area contributed by atoms with Crippen LogP contribution in [0.1, 0.15) is 30.9 Å². The summed E-state index contributed by atoms with van der Waals surface area (Å²) >= 11 is 0. The van der Waals surface area contributed by atoms with E-state index in [1.54, 1.807) is 6.26 Å². The van der Waals surface area contributed by atoms with E-state index in [-0.39, 0.29) is 0 Å². The maximum Gasteiger partial charge on any atom is 0.122 e. The van der Waals surface area contributed by atoms with Crippen LogP contribution >= 0.6 is 0 Å². The van der Waals surface area contributed by atoms with Crippen LogP contribution in [-0.4, -0.2) is 29.5 Å². The molecule has 0 spiro atoms. The van der Waals surface area contributed by atoms with E-state index in [4.69, 9.17) is 4.42 Å². The van der Waals surface area contributed by atoms with Gasteiger partial charge in [0.1, 0.15) is 5.76 Å². The van der Waals surface area contributed by atoms with E-state index in [1.807, 2.05) is 18.3 Å². The highest BCUT2D eigenvalue weighted by atomic mass is 16.3. The van der Waals surface area contributed by atoms with Crippen molar-refractivity contribution in [2.24, 2.45) is 0 Å². The number of nitrogens with zero attached hydrogens (tertiary/aromatic N) is 2. The van der Waals surface area contributed by atoms with Crippen LogP contribution in [-0.2, 0) is 19.5 Å². The molecular formula is C17H25N3O. The molecule has 0 aliphatic rings. The van der Waals surface area contributed by atoms with Crippen LogP contribution in [0, 0.1) is 0 Å². The molecule has 0 radical (unpaired) electrons. The van der Waals surface area contributed by atoms with E-state index in [2.05, 4.69) is 48.2 Å². The van der Waals surface area contributed by atoms with Gasteiger partial charge in [0.05, 0.1) is 12.8 Å². The summed E-state index contributed by atoms with van der Waals surface area (Å²) in [6.07, 6.45) is 4.58. The second-order valence-electron chi connectivity index (χ2n) is 5.71. The Balaban J connectivity index is 1.82. The first-order valence-electron chi connectivity index (χ1n) is 7.52. The molecule has 0 aliphatic heterocycles. The van der Waals surface area contributed by atoms with Crippen LogP contribution in [0.5, 0.6) is 0 Å². The number of pyridine rings is 1. The van der Waals surface area contributed by atoms with Crippen molar-refractivity contribution in [1.82, 2.24) is 15.2 Å². The minimum Gasteiger partial charge on any atom is -0.468 e. The molecule has 1 N–H and O–H groups in total. The van der Waals surface area contributed by atoms with E-state index in [1.165, 1.54) is 5.56 Å². The fourth-order valence-corrected chi connectivity index (χ4v) is 2.15. The Labute approximate surface area is 127 Å². The molecule has 114 valence electrons. The van der Waals surface area contributed by atoms with Crippen LogP contribution in [0.3, 0.4) is 0 Å². The molecule has 4 heteroatoms. The van der Waals surface area contributed by atoms with E-state index in [0.29, 0.717) is 6.04 Å². The molecule has 0 saturated carbocycles. The molecule has 0 amide bonds. The van der Waals surface area contributed by atoms with Gasteiger partial charge in [-0.2, -0.15) is 0 Å². The van der Waals surface area contributed by atoms with Gasteiger partial charge in [0, 0.05) is 43.0 Å². The lowest BCUT2D eigenvalue weighted by Crippen LogP contribution is -2.24. The molecule has 2 rings (SSSR count). The molecular weight excluding hydrogens is 262 g/mol. The average Bonchev–Trinajstić information content (AvgIpc) is 2.91. The maximum absolute atomic E-state index is 5.62. The summed E-state index contributed by atoms with van der Waals surface area (Å²) in [5.41, 5.74) is 2.37. The van der Waals surface area contributed by atoms with Gasteiger partial charge < -0.3 is 9.73 Å². The standard InChI is InChI=1S/C17H25N3O/c1-14(2)19-12-15-8-11-21-17(15)13-20(3)10-7-16-6-4-5-9-18-16/h4-6,8-9,11,14,19H,7,10,12-13H2,1-3H3. The van der Waals surface area contributed by atoms with Crippen LogP contribution in [0.15, 0.2) is 41.1 Å². The highest BCUT2D eigenvalue weighted by Gasteiger charge is 2.10. The monoisotopic (exact) mass is 287 g/mol. The summed E-state index contributed by atoms with van der Waals surface area (Å²) in [6, 6.07) is 8.58. The fraction of sp³-hybridized carbons (Fsp3) is 0.471. The normalized spacial score (nSPS) is 11.5. The Kier molecular flexibility index (Phi) is 5.96. The highest BCUT2D eigenvalue weighted by Crippen LogP contribution is 2.13. The smallest absolute Gasteiger partial charge is 0.122 e. The molecule has 0 bridgehead atoms. The summed E-state index contributed by atoms with van der Waals surface area (Å²) in [5, 5.41) is 3.43. The van der Waals surface area contributed by atoms with Gasteiger partial charge in [-0.05, 0) is 25.2 Å². The first-order valence-corrected chi connectivity index (χ1v) is 7.52. The van der Waals surface area contributed by atoms with Crippen molar-refractivity contribution in [3.05, 3.63) is 53.7 Å². The number of rotatable bonds is 8. The molecule has 0 aromatic carbocycles. The SMILES string of the molecule is CC(C)NCc1ccoc1CN(C)CCc1ccccn1. The second-order valence-corrected chi connectivity index (χ2v) is 5.71. The lowest BCUT2D eigenvalue weighted by Gasteiger charge is -2.16. The molecule has 4 nitrogen and oxygen atoms in total. The van der Waals surface area contributed by atoms with Gasteiger partial charge >= 0.3 is 0 Å². The van der Waals surface area contributed by atoms with Gasteiger partial charge in [0.2, 0.25) is 0 Å². The van der Waals surface area contributed by atoms with Crippen molar-refractivity contribution >= 4 is 0 Å². The summed E-state index contributed by atoms with van der Waals surface area (Å²) < 4.78 is 5.62. The quantitative estimate of drug-likeness (QED) is 0.810. The molecule has 0 fully saturated rings. The lowest BCUT2D eigenvalue weighted by molar-refractivity contribution is 0.295. The van der Waals surface area contributed by atoms with Gasteiger partial charge in [-0.3, -0.25) is 9.88 Å². The van der Waals surface area contributed by atoms with Gasteiger partial charge in [-0.15, -0.1) is 0 Å². The number of likely N-dealkylation sites (N-methyl/N-ethyl adjacent to an activating group) is 1. The van der Waals surface area contributed by atoms with E-state index < -0.39 is 0 Å². The molecule has 2 aromatic heterocycles.